The van der Waals surface area contributed by atoms with Crippen LogP contribution in [-0.2, 0) is 9.59 Å². The van der Waals surface area contributed by atoms with Gasteiger partial charge in [-0.05, 0) is 24.7 Å². The zero-order chi connectivity index (χ0) is 30.9. The Kier molecular flexibility index (Phi) is 32.0. The number of carbonyl (C=O) groups excluding carboxylic acids is 2. The summed E-state index contributed by atoms with van der Waals surface area (Å²) < 4.78 is 0. The topological polar surface area (TPSA) is 58.2 Å². The fourth-order valence-corrected chi connectivity index (χ4v) is 6.65. The summed E-state index contributed by atoms with van der Waals surface area (Å²) in [6.45, 7) is 4.62. The number of carbonyl (C=O) groups is 2. The Morgan fingerprint density at radius 3 is 0.881 bits per heavy atom. The van der Waals surface area contributed by atoms with E-state index in [0.717, 1.165) is 24.7 Å². The van der Waals surface area contributed by atoms with Crippen molar-refractivity contribution in [3.8, 4) is 0 Å². The van der Waals surface area contributed by atoms with Crippen molar-refractivity contribution in [2.45, 2.75) is 206 Å². The average Bonchev–Trinajstić information content (AvgIpc) is 3.00. The van der Waals surface area contributed by atoms with Gasteiger partial charge in [-0.2, -0.15) is 0 Å². The third-order valence-corrected chi connectivity index (χ3v) is 9.54. The minimum atomic E-state index is 0.185. The molecule has 0 bridgehead atoms. The van der Waals surface area contributed by atoms with Gasteiger partial charge in [-0.25, -0.2) is 0 Å². The van der Waals surface area contributed by atoms with Crippen LogP contribution in [0.5, 0.6) is 0 Å². The molecule has 0 heterocycles. The first-order valence-corrected chi connectivity index (χ1v) is 19.0. The number of rotatable bonds is 33. The lowest BCUT2D eigenvalue weighted by Gasteiger charge is -2.28. The number of nitrogens with one attached hydrogen (secondary N) is 2. The highest BCUT2D eigenvalue weighted by Crippen LogP contribution is 2.33. The molecule has 42 heavy (non-hydrogen) atoms. The first-order valence-electron chi connectivity index (χ1n) is 19.0. The van der Waals surface area contributed by atoms with Crippen LogP contribution in [0.4, 0.5) is 0 Å². The molecule has 2 atom stereocenters. The third-order valence-electron chi connectivity index (χ3n) is 9.54. The quantitative estimate of drug-likeness (QED) is 0.0745. The van der Waals surface area contributed by atoms with Gasteiger partial charge in [-0.1, -0.05) is 181 Å². The van der Waals surface area contributed by atoms with Crippen molar-refractivity contribution in [1.29, 1.82) is 0 Å². The van der Waals surface area contributed by atoms with Crippen LogP contribution in [0.1, 0.15) is 206 Å². The summed E-state index contributed by atoms with van der Waals surface area (Å²) in [6.07, 6.45) is 39.2. The molecule has 4 heteroatoms. The first-order chi connectivity index (χ1) is 20.6. The molecule has 4 nitrogen and oxygen atoms in total. The Morgan fingerprint density at radius 1 is 0.381 bits per heavy atom. The maximum atomic E-state index is 11.5. The van der Waals surface area contributed by atoms with Gasteiger partial charge >= 0.3 is 0 Å². The first kappa shape index (κ1) is 40.9. The number of unbranched alkanes of at least 4 members (excludes halogenated alkanes) is 20. The van der Waals surface area contributed by atoms with Gasteiger partial charge in [0.1, 0.15) is 0 Å². The highest BCUT2D eigenvalue weighted by molar-refractivity contribution is 5.75. The van der Waals surface area contributed by atoms with Crippen molar-refractivity contribution in [1.82, 2.24) is 10.6 Å². The van der Waals surface area contributed by atoms with Gasteiger partial charge in [-0.15, -0.1) is 0 Å². The highest BCUT2D eigenvalue weighted by Gasteiger charge is 2.20. The van der Waals surface area contributed by atoms with Crippen LogP contribution >= 0.6 is 0 Å². The van der Waals surface area contributed by atoms with E-state index in [0.29, 0.717) is 12.8 Å². The van der Waals surface area contributed by atoms with Gasteiger partial charge in [0.15, 0.2) is 0 Å². The molecule has 2 unspecified atom stereocenters. The van der Waals surface area contributed by atoms with Crippen molar-refractivity contribution < 1.29 is 9.59 Å². The molecule has 0 rings (SSSR count). The Morgan fingerprint density at radius 2 is 0.619 bits per heavy atom. The fourth-order valence-electron chi connectivity index (χ4n) is 6.65. The van der Waals surface area contributed by atoms with Crippen LogP contribution in [-0.4, -0.2) is 25.9 Å². The normalized spacial score (nSPS) is 12.8. The van der Waals surface area contributed by atoms with Crippen molar-refractivity contribution in [3.05, 3.63) is 0 Å². The molecule has 0 fully saturated rings. The van der Waals surface area contributed by atoms with E-state index in [9.17, 15) is 9.59 Å². The summed E-state index contributed by atoms with van der Waals surface area (Å²) in [6, 6.07) is 0. The van der Waals surface area contributed by atoms with Crippen molar-refractivity contribution in [2.75, 3.05) is 14.1 Å². The largest absolute Gasteiger partial charge is 0.359 e. The number of amides is 2. The molecule has 0 radical (unpaired) electrons. The van der Waals surface area contributed by atoms with Gasteiger partial charge in [-0.3, -0.25) is 9.59 Å². The van der Waals surface area contributed by atoms with E-state index in [2.05, 4.69) is 24.5 Å². The smallest absolute Gasteiger partial charge is 0.219 e. The second-order valence-electron chi connectivity index (χ2n) is 13.3. The monoisotopic (exact) mass is 593 g/mol. The molecule has 2 N–H and O–H groups in total. The zero-order valence-corrected chi connectivity index (χ0v) is 29.2. The predicted octanol–water partition coefficient (Wildman–Crippen LogP) is 11.5. The van der Waals surface area contributed by atoms with Gasteiger partial charge in [0.2, 0.25) is 11.8 Å². The van der Waals surface area contributed by atoms with Gasteiger partial charge in [0, 0.05) is 26.9 Å². The Balaban J connectivity index is 4.82. The van der Waals surface area contributed by atoms with Gasteiger partial charge in [0.05, 0.1) is 0 Å². The van der Waals surface area contributed by atoms with E-state index in [1.807, 2.05) is 0 Å². The molecule has 0 saturated carbocycles. The van der Waals surface area contributed by atoms with E-state index >= 15 is 0 Å². The van der Waals surface area contributed by atoms with Crippen LogP contribution in [0, 0.1) is 11.8 Å². The number of hydrogen-bond donors (Lipinski definition) is 2. The Hall–Kier alpha value is -1.06. The molecule has 250 valence electrons. The Labute approximate surface area is 264 Å². The van der Waals surface area contributed by atoms with E-state index in [1.54, 1.807) is 14.1 Å². The summed E-state index contributed by atoms with van der Waals surface area (Å²) in [4.78, 5) is 23.0. The molecule has 0 aromatic heterocycles. The summed E-state index contributed by atoms with van der Waals surface area (Å²) in [5.41, 5.74) is 0. The molecule has 0 spiro atoms. The van der Waals surface area contributed by atoms with Crippen LogP contribution in [0.2, 0.25) is 0 Å². The van der Waals surface area contributed by atoms with Gasteiger partial charge < -0.3 is 10.6 Å². The standard InChI is InChI=1S/C38H76N2O2/c1-5-7-9-11-13-17-23-29-35(31-25-19-15-21-27-33-37(41)39-3)36(30-24-18-14-12-10-8-6-2)32-26-20-16-22-28-34-38(42)40-4/h35-36H,5-34H2,1-4H3,(H,39,41)(H,40,42). The minimum absolute atomic E-state index is 0.185. The molecule has 0 aromatic carbocycles. The molecular formula is C38H76N2O2. The lowest BCUT2D eigenvalue weighted by Crippen LogP contribution is -2.17. The maximum absolute atomic E-state index is 11.5. The van der Waals surface area contributed by atoms with Crippen LogP contribution in [0.3, 0.4) is 0 Å². The van der Waals surface area contributed by atoms with Crippen molar-refractivity contribution in [2.24, 2.45) is 11.8 Å². The van der Waals surface area contributed by atoms with E-state index in [-0.39, 0.29) is 11.8 Å². The SMILES string of the molecule is CCCCCCCCCC(CCCCCCCC(=O)NC)C(CCCCCCCCC)CCCCCCCC(=O)NC. The van der Waals surface area contributed by atoms with Crippen molar-refractivity contribution >= 4 is 11.8 Å². The predicted molar refractivity (Wildman–Crippen MR) is 185 cm³/mol. The second-order valence-corrected chi connectivity index (χ2v) is 13.3. The van der Waals surface area contributed by atoms with Crippen LogP contribution < -0.4 is 10.6 Å². The third kappa shape index (κ3) is 27.8. The molecular weight excluding hydrogens is 516 g/mol. The second kappa shape index (κ2) is 32.8. The zero-order valence-electron chi connectivity index (χ0n) is 29.2. The molecule has 2 amide bonds. The summed E-state index contributed by atoms with van der Waals surface area (Å²) >= 11 is 0. The molecule has 0 saturated heterocycles. The summed E-state index contributed by atoms with van der Waals surface area (Å²) in [5, 5.41) is 5.50. The maximum Gasteiger partial charge on any atom is 0.219 e. The summed E-state index contributed by atoms with van der Waals surface area (Å²) in [7, 11) is 3.48. The lowest BCUT2D eigenvalue weighted by molar-refractivity contribution is -0.121. The molecule has 0 aliphatic rings. The van der Waals surface area contributed by atoms with Crippen LogP contribution in [0.15, 0.2) is 0 Å². The Bertz CT molecular complexity index is 529. The molecule has 0 aliphatic heterocycles. The number of hydrogen-bond acceptors (Lipinski definition) is 2. The molecule has 0 aromatic rings. The van der Waals surface area contributed by atoms with Crippen LogP contribution in [0.25, 0.3) is 0 Å². The van der Waals surface area contributed by atoms with Crippen molar-refractivity contribution in [3.63, 3.8) is 0 Å². The fraction of sp³-hybridized carbons (Fsp3) is 0.947. The van der Waals surface area contributed by atoms with Gasteiger partial charge in [0.25, 0.3) is 0 Å². The highest BCUT2D eigenvalue weighted by atomic mass is 16.2. The minimum Gasteiger partial charge on any atom is -0.359 e. The molecule has 0 aliphatic carbocycles. The lowest BCUT2D eigenvalue weighted by atomic mass is 9.78. The average molecular weight is 593 g/mol. The summed E-state index contributed by atoms with van der Waals surface area (Å²) in [5.74, 6) is 2.17. The van der Waals surface area contributed by atoms with E-state index < -0.39 is 0 Å². The van der Waals surface area contributed by atoms with E-state index in [1.165, 1.54) is 167 Å². The van der Waals surface area contributed by atoms with E-state index in [4.69, 9.17) is 0 Å².